The minimum atomic E-state index is -0.0337. The van der Waals surface area contributed by atoms with Crippen molar-refractivity contribution in [2.24, 2.45) is 0 Å². The highest BCUT2D eigenvalue weighted by Gasteiger charge is 2.20. The maximum absolute atomic E-state index is 5.13. The summed E-state index contributed by atoms with van der Waals surface area (Å²) in [6.07, 6.45) is 4.78. The van der Waals surface area contributed by atoms with Crippen LogP contribution in [-0.2, 0) is 5.41 Å². The molecule has 0 aliphatic rings. The number of rotatable bonds is 5. The Hall–Kier alpha value is -1.50. The fourth-order valence-electron chi connectivity index (χ4n) is 1.59. The van der Waals surface area contributed by atoms with E-state index in [0.29, 0.717) is 0 Å². The van der Waals surface area contributed by atoms with Gasteiger partial charge in [-0.25, -0.2) is 0 Å². The molecule has 0 aromatic heterocycles. The number of benzene rings is 1. The summed E-state index contributed by atoms with van der Waals surface area (Å²) in [4.78, 5) is 0. The summed E-state index contributed by atoms with van der Waals surface area (Å²) in [5.41, 5.74) is 1.20. The van der Waals surface area contributed by atoms with E-state index in [4.69, 9.17) is 4.74 Å². The molecule has 0 bridgehead atoms. The number of allylic oxidation sites excluding steroid dienone is 2. The molecule has 1 rings (SSSR count). The fraction of sp³-hybridized carbons (Fsp3) is 0.286. The van der Waals surface area contributed by atoms with Crippen molar-refractivity contribution in [1.82, 2.24) is 0 Å². The van der Waals surface area contributed by atoms with Gasteiger partial charge in [-0.15, -0.1) is 13.2 Å². The van der Waals surface area contributed by atoms with E-state index in [1.54, 1.807) is 7.11 Å². The van der Waals surface area contributed by atoms with Crippen molar-refractivity contribution >= 4 is 0 Å². The van der Waals surface area contributed by atoms with Gasteiger partial charge in [0, 0.05) is 5.41 Å². The summed E-state index contributed by atoms with van der Waals surface area (Å²) in [5.74, 6) is 0.878. The van der Waals surface area contributed by atoms with Gasteiger partial charge in [-0.3, -0.25) is 0 Å². The van der Waals surface area contributed by atoms with Gasteiger partial charge < -0.3 is 4.74 Å². The molecule has 0 N–H and O–H groups in total. The molecule has 0 aliphatic heterocycles. The summed E-state index contributed by atoms with van der Waals surface area (Å²) >= 11 is 0. The molecule has 0 saturated heterocycles. The average molecular weight is 202 g/mol. The summed E-state index contributed by atoms with van der Waals surface area (Å²) < 4.78 is 5.13. The van der Waals surface area contributed by atoms with E-state index in [1.807, 2.05) is 24.3 Å². The molecular formula is C14H18O. The molecular weight excluding hydrogens is 184 g/mol. The predicted octanol–water partition coefficient (Wildman–Crippen LogP) is 3.72. The molecule has 0 aliphatic carbocycles. The molecule has 80 valence electrons. The van der Waals surface area contributed by atoms with E-state index in [-0.39, 0.29) is 5.41 Å². The van der Waals surface area contributed by atoms with Crippen LogP contribution in [0.15, 0.2) is 49.6 Å². The second-order valence-electron chi connectivity index (χ2n) is 3.84. The van der Waals surface area contributed by atoms with Gasteiger partial charge in [-0.05, 0) is 24.1 Å². The lowest BCUT2D eigenvalue weighted by molar-refractivity contribution is 0.414. The van der Waals surface area contributed by atoms with Crippen molar-refractivity contribution in [2.45, 2.75) is 18.8 Å². The Balaban J connectivity index is 3.01. The maximum Gasteiger partial charge on any atom is 0.118 e. The number of hydrogen-bond acceptors (Lipinski definition) is 1. The Morgan fingerprint density at radius 2 is 1.87 bits per heavy atom. The van der Waals surface area contributed by atoms with Gasteiger partial charge >= 0.3 is 0 Å². The minimum absolute atomic E-state index is 0.0337. The van der Waals surface area contributed by atoms with Crippen molar-refractivity contribution in [3.63, 3.8) is 0 Å². The maximum atomic E-state index is 5.13. The molecule has 1 heteroatoms. The third-order valence-corrected chi connectivity index (χ3v) is 2.77. The number of methoxy groups -OCH3 is 1. The van der Waals surface area contributed by atoms with Crippen molar-refractivity contribution in [2.75, 3.05) is 7.11 Å². The molecule has 15 heavy (non-hydrogen) atoms. The van der Waals surface area contributed by atoms with Crippen molar-refractivity contribution in [3.05, 3.63) is 55.1 Å². The van der Waals surface area contributed by atoms with E-state index in [0.717, 1.165) is 12.2 Å². The first-order valence-corrected chi connectivity index (χ1v) is 5.05. The molecule has 0 saturated carbocycles. The summed E-state index contributed by atoms with van der Waals surface area (Å²) in [7, 11) is 1.67. The first kappa shape index (κ1) is 11.6. The van der Waals surface area contributed by atoms with Gasteiger partial charge in [0.25, 0.3) is 0 Å². The Morgan fingerprint density at radius 3 is 2.27 bits per heavy atom. The first-order chi connectivity index (χ1) is 7.16. The van der Waals surface area contributed by atoms with E-state index in [2.05, 4.69) is 32.2 Å². The van der Waals surface area contributed by atoms with E-state index >= 15 is 0 Å². The van der Waals surface area contributed by atoms with E-state index in [1.165, 1.54) is 5.56 Å². The van der Waals surface area contributed by atoms with Crippen LogP contribution in [0.2, 0.25) is 0 Å². The van der Waals surface area contributed by atoms with Gasteiger partial charge in [-0.2, -0.15) is 0 Å². The van der Waals surface area contributed by atoms with Crippen LogP contribution in [0.5, 0.6) is 5.75 Å². The lowest BCUT2D eigenvalue weighted by atomic mass is 9.80. The lowest BCUT2D eigenvalue weighted by Crippen LogP contribution is -2.17. The molecule has 1 atom stereocenters. The molecule has 1 aromatic rings. The lowest BCUT2D eigenvalue weighted by Gasteiger charge is -2.24. The average Bonchev–Trinajstić information content (AvgIpc) is 2.29. The van der Waals surface area contributed by atoms with Crippen LogP contribution in [0, 0.1) is 0 Å². The minimum Gasteiger partial charge on any atom is -0.497 e. The topological polar surface area (TPSA) is 9.23 Å². The molecule has 1 nitrogen and oxygen atoms in total. The van der Waals surface area contributed by atoms with Crippen LogP contribution in [0.3, 0.4) is 0 Å². The van der Waals surface area contributed by atoms with Crippen LogP contribution in [0.1, 0.15) is 18.9 Å². The van der Waals surface area contributed by atoms with Crippen molar-refractivity contribution < 1.29 is 4.74 Å². The van der Waals surface area contributed by atoms with Crippen LogP contribution < -0.4 is 4.74 Å². The largest absolute Gasteiger partial charge is 0.497 e. The van der Waals surface area contributed by atoms with Gasteiger partial charge in [0.2, 0.25) is 0 Å². The second kappa shape index (κ2) is 4.83. The Labute approximate surface area is 92.1 Å². The summed E-state index contributed by atoms with van der Waals surface area (Å²) in [5, 5.41) is 0. The molecule has 0 fully saturated rings. The standard InChI is InChI=1S/C14H18O/c1-5-11-14(3,6-2)12-7-9-13(15-4)10-8-12/h5-10H,1-2,11H2,3-4H3. The van der Waals surface area contributed by atoms with Gasteiger partial charge in [-0.1, -0.05) is 31.2 Å². The second-order valence-corrected chi connectivity index (χ2v) is 3.84. The molecule has 1 unspecified atom stereocenters. The third-order valence-electron chi connectivity index (χ3n) is 2.77. The Morgan fingerprint density at radius 1 is 1.27 bits per heavy atom. The SMILES string of the molecule is C=CCC(C)(C=C)c1ccc(OC)cc1. The summed E-state index contributed by atoms with van der Waals surface area (Å²) in [6.45, 7) is 9.83. The smallest absolute Gasteiger partial charge is 0.118 e. The zero-order chi connectivity index (χ0) is 11.3. The van der Waals surface area contributed by atoms with Gasteiger partial charge in [0.15, 0.2) is 0 Å². The third kappa shape index (κ3) is 2.50. The highest BCUT2D eigenvalue weighted by Crippen LogP contribution is 2.30. The van der Waals surface area contributed by atoms with Crippen LogP contribution in [-0.4, -0.2) is 7.11 Å². The zero-order valence-corrected chi connectivity index (χ0v) is 9.49. The van der Waals surface area contributed by atoms with Crippen molar-refractivity contribution in [1.29, 1.82) is 0 Å². The van der Waals surface area contributed by atoms with Crippen LogP contribution in [0.4, 0.5) is 0 Å². The predicted molar refractivity (Wildman–Crippen MR) is 65.4 cm³/mol. The fourth-order valence-corrected chi connectivity index (χ4v) is 1.59. The monoisotopic (exact) mass is 202 g/mol. The molecule has 0 amide bonds. The van der Waals surface area contributed by atoms with Crippen LogP contribution >= 0.6 is 0 Å². The number of hydrogen-bond donors (Lipinski definition) is 0. The number of ether oxygens (including phenoxy) is 1. The highest BCUT2D eigenvalue weighted by molar-refractivity contribution is 5.35. The van der Waals surface area contributed by atoms with E-state index < -0.39 is 0 Å². The van der Waals surface area contributed by atoms with Crippen molar-refractivity contribution in [3.8, 4) is 5.75 Å². The Bertz CT molecular complexity index is 337. The van der Waals surface area contributed by atoms with E-state index in [9.17, 15) is 0 Å². The van der Waals surface area contributed by atoms with Gasteiger partial charge in [0.1, 0.15) is 5.75 Å². The summed E-state index contributed by atoms with van der Waals surface area (Å²) in [6, 6.07) is 8.09. The Kier molecular flexibility index (Phi) is 3.73. The zero-order valence-electron chi connectivity index (χ0n) is 9.49. The first-order valence-electron chi connectivity index (χ1n) is 5.05. The highest BCUT2D eigenvalue weighted by atomic mass is 16.5. The molecule has 0 heterocycles. The molecule has 0 spiro atoms. The molecule has 0 radical (unpaired) electrons. The van der Waals surface area contributed by atoms with Crippen LogP contribution in [0.25, 0.3) is 0 Å². The quantitative estimate of drug-likeness (QED) is 0.661. The van der Waals surface area contributed by atoms with Gasteiger partial charge in [0.05, 0.1) is 7.11 Å². The molecule has 1 aromatic carbocycles. The normalized spacial score (nSPS) is 14.0.